The maximum Gasteiger partial charge on any atom is 0.303 e. The molecule has 0 saturated heterocycles. The van der Waals surface area contributed by atoms with Crippen LogP contribution in [0.3, 0.4) is 0 Å². The molecule has 1 aromatic heterocycles. The van der Waals surface area contributed by atoms with E-state index < -0.39 is 5.97 Å². The number of hydrogen-bond donors (Lipinski definition) is 1. The Morgan fingerprint density at radius 3 is 3.13 bits per heavy atom. The molecule has 0 amide bonds. The lowest BCUT2D eigenvalue weighted by Gasteiger charge is -2.20. The first-order chi connectivity index (χ1) is 7.18. The van der Waals surface area contributed by atoms with Gasteiger partial charge in [-0.1, -0.05) is 6.92 Å². The predicted molar refractivity (Wildman–Crippen MR) is 53.6 cm³/mol. The van der Waals surface area contributed by atoms with Crippen LogP contribution in [0.4, 0.5) is 0 Å². The molecule has 1 atom stereocenters. The minimum absolute atomic E-state index is 0.131. The fourth-order valence-corrected chi connectivity index (χ4v) is 2.05. The molecule has 5 heteroatoms. The number of carbonyl (C=O) groups is 1. The van der Waals surface area contributed by atoms with Gasteiger partial charge in [0.2, 0.25) is 0 Å². The van der Waals surface area contributed by atoms with Crippen LogP contribution in [0.1, 0.15) is 43.8 Å². The van der Waals surface area contributed by atoms with Crippen molar-refractivity contribution in [3.63, 3.8) is 0 Å². The molecule has 0 radical (unpaired) electrons. The molecule has 1 aromatic rings. The van der Waals surface area contributed by atoms with Crippen molar-refractivity contribution in [1.82, 2.24) is 14.8 Å². The van der Waals surface area contributed by atoms with Crippen molar-refractivity contribution in [3.05, 3.63) is 11.6 Å². The molecule has 0 aliphatic carbocycles. The third-order valence-corrected chi connectivity index (χ3v) is 2.88. The Balaban J connectivity index is 2.16. The standard InChI is InChI=1S/C10H15N3O2/c1-7-3-2-6-13-8(4-5-9(14)15)11-12-10(7)13/h7H,2-6H2,1H3,(H,14,15). The van der Waals surface area contributed by atoms with Gasteiger partial charge in [0.25, 0.3) is 0 Å². The molecular formula is C10H15N3O2. The molecular weight excluding hydrogens is 194 g/mol. The number of aryl methyl sites for hydroxylation is 1. The molecule has 15 heavy (non-hydrogen) atoms. The average molecular weight is 209 g/mol. The van der Waals surface area contributed by atoms with E-state index >= 15 is 0 Å². The van der Waals surface area contributed by atoms with Crippen LogP contribution >= 0.6 is 0 Å². The fraction of sp³-hybridized carbons (Fsp3) is 0.700. The zero-order chi connectivity index (χ0) is 10.8. The number of fused-ring (bicyclic) bond motifs is 1. The van der Waals surface area contributed by atoms with E-state index in [-0.39, 0.29) is 6.42 Å². The molecule has 5 nitrogen and oxygen atoms in total. The summed E-state index contributed by atoms with van der Waals surface area (Å²) in [5, 5.41) is 16.8. The smallest absolute Gasteiger partial charge is 0.303 e. The Hall–Kier alpha value is -1.39. The summed E-state index contributed by atoms with van der Waals surface area (Å²) in [6.07, 6.45) is 2.89. The maximum atomic E-state index is 10.5. The van der Waals surface area contributed by atoms with Crippen molar-refractivity contribution in [3.8, 4) is 0 Å². The lowest BCUT2D eigenvalue weighted by atomic mass is 10.0. The van der Waals surface area contributed by atoms with Crippen LogP contribution in [-0.2, 0) is 17.8 Å². The number of hydrogen-bond acceptors (Lipinski definition) is 3. The van der Waals surface area contributed by atoms with E-state index in [0.29, 0.717) is 12.3 Å². The van der Waals surface area contributed by atoms with E-state index in [1.165, 1.54) is 0 Å². The second-order valence-corrected chi connectivity index (χ2v) is 4.06. The quantitative estimate of drug-likeness (QED) is 0.812. The van der Waals surface area contributed by atoms with Gasteiger partial charge in [0, 0.05) is 18.9 Å². The summed E-state index contributed by atoms with van der Waals surface area (Å²) >= 11 is 0. The molecule has 0 aromatic carbocycles. The van der Waals surface area contributed by atoms with E-state index in [9.17, 15) is 4.79 Å². The Morgan fingerprint density at radius 1 is 1.60 bits per heavy atom. The summed E-state index contributed by atoms with van der Waals surface area (Å²) in [7, 11) is 0. The van der Waals surface area contributed by atoms with Crippen molar-refractivity contribution in [2.24, 2.45) is 0 Å². The van der Waals surface area contributed by atoms with Gasteiger partial charge in [-0.25, -0.2) is 0 Å². The first-order valence-electron chi connectivity index (χ1n) is 5.32. The zero-order valence-electron chi connectivity index (χ0n) is 8.81. The predicted octanol–water partition coefficient (Wildman–Crippen LogP) is 1.19. The molecule has 0 fully saturated rings. The Kier molecular flexibility index (Phi) is 2.70. The number of aromatic nitrogens is 3. The van der Waals surface area contributed by atoms with E-state index in [2.05, 4.69) is 21.7 Å². The highest BCUT2D eigenvalue weighted by Gasteiger charge is 2.21. The van der Waals surface area contributed by atoms with Crippen LogP contribution in [0.5, 0.6) is 0 Å². The molecule has 82 valence electrons. The van der Waals surface area contributed by atoms with Crippen molar-refractivity contribution in [2.45, 2.75) is 45.1 Å². The van der Waals surface area contributed by atoms with E-state index in [1.807, 2.05) is 0 Å². The summed E-state index contributed by atoms with van der Waals surface area (Å²) in [5.41, 5.74) is 0. The maximum absolute atomic E-state index is 10.5. The lowest BCUT2D eigenvalue weighted by molar-refractivity contribution is -0.137. The molecule has 2 heterocycles. The summed E-state index contributed by atoms with van der Waals surface area (Å²) < 4.78 is 2.08. The summed E-state index contributed by atoms with van der Waals surface area (Å²) in [5.74, 6) is 1.50. The third-order valence-electron chi connectivity index (χ3n) is 2.88. The van der Waals surface area contributed by atoms with Gasteiger partial charge in [-0.2, -0.15) is 0 Å². The van der Waals surface area contributed by atoms with Gasteiger partial charge in [-0.3, -0.25) is 4.79 Å². The van der Waals surface area contributed by atoms with Crippen molar-refractivity contribution >= 4 is 5.97 Å². The monoisotopic (exact) mass is 209 g/mol. The van der Waals surface area contributed by atoms with Crippen LogP contribution in [0.25, 0.3) is 0 Å². The number of nitrogens with zero attached hydrogens (tertiary/aromatic N) is 3. The third kappa shape index (κ3) is 2.00. The number of rotatable bonds is 3. The van der Waals surface area contributed by atoms with Crippen LogP contribution in [0.2, 0.25) is 0 Å². The summed E-state index contributed by atoms with van der Waals surface area (Å²) in [4.78, 5) is 10.5. The van der Waals surface area contributed by atoms with Gasteiger partial charge in [0.15, 0.2) is 0 Å². The van der Waals surface area contributed by atoms with Gasteiger partial charge >= 0.3 is 5.97 Å². The molecule has 1 aliphatic heterocycles. The molecule has 0 bridgehead atoms. The highest BCUT2D eigenvalue weighted by molar-refractivity contribution is 5.66. The zero-order valence-corrected chi connectivity index (χ0v) is 8.81. The van der Waals surface area contributed by atoms with E-state index in [1.54, 1.807) is 0 Å². The van der Waals surface area contributed by atoms with Crippen molar-refractivity contribution in [1.29, 1.82) is 0 Å². The van der Waals surface area contributed by atoms with Crippen LogP contribution in [0.15, 0.2) is 0 Å². The topological polar surface area (TPSA) is 68.0 Å². The van der Waals surface area contributed by atoms with Gasteiger partial charge < -0.3 is 9.67 Å². The van der Waals surface area contributed by atoms with Crippen LogP contribution in [-0.4, -0.2) is 25.8 Å². The van der Waals surface area contributed by atoms with Crippen LogP contribution < -0.4 is 0 Å². The van der Waals surface area contributed by atoms with Crippen molar-refractivity contribution in [2.75, 3.05) is 0 Å². The highest BCUT2D eigenvalue weighted by Crippen LogP contribution is 2.25. The first kappa shape index (κ1) is 10.1. The Labute approximate surface area is 88.1 Å². The molecule has 1 N–H and O–H groups in total. The summed E-state index contributed by atoms with van der Waals surface area (Å²) in [6, 6.07) is 0. The fourth-order valence-electron chi connectivity index (χ4n) is 2.05. The Bertz CT molecular complexity index is 373. The molecule has 2 rings (SSSR count). The number of aliphatic carboxylic acids is 1. The SMILES string of the molecule is CC1CCCn2c(CCC(=O)O)nnc21. The molecule has 1 aliphatic rings. The lowest BCUT2D eigenvalue weighted by Crippen LogP contribution is -2.16. The second-order valence-electron chi connectivity index (χ2n) is 4.06. The molecule has 0 saturated carbocycles. The van der Waals surface area contributed by atoms with Gasteiger partial charge in [-0.05, 0) is 12.8 Å². The number of carboxylic acid groups (broad SMARTS) is 1. The highest BCUT2D eigenvalue weighted by atomic mass is 16.4. The average Bonchev–Trinajstić information content (AvgIpc) is 2.59. The minimum Gasteiger partial charge on any atom is -0.481 e. The minimum atomic E-state index is -0.781. The normalized spacial score (nSPS) is 19.9. The number of carboxylic acids is 1. The van der Waals surface area contributed by atoms with Crippen LogP contribution in [0, 0.1) is 0 Å². The largest absolute Gasteiger partial charge is 0.481 e. The van der Waals surface area contributed by atoms with E-state index in [0.717, 1.165) is 31.0 Å². The van der Waals surface area contributed by atoms with Gasteiger partial charge in [0.1, 0.15) is 11.6 Å². The second kappa shape index (κ2) is 4.00. The van der Waals surface area contributed by atoms with Gasteiger partial charge in [0.05, 0.1) is 6.42 Å². The summed E-state index contributed by atoms with van der Waals surface area (Å²) in [6.45, 7) is 3.07. The Morgan fingerprint density at radius 2 is 2.40 bits per heavy atom. The van der Waals surface area contributed by atoms with Crippen molar-refractivity contribution < 1.29 is 9.90 Å². The molecule has 0 spiro atoms. The molecule has 1 unspecified atom stereocenters. The van der Waals surface area contributed by atoms with E-state index in [4.69, 9.17) is 5.11 Å². The first-order valence-corrected chi connectivity index (χ1v) is 5.32. The van der Waals surface area contributed by atoms with Gasteiger partial charge in [-0.15, -0.1) is 10.2 Å².